The fraction of sp³-hybridized carbons (Fsp3) is 0.312. The van der Waals surface area contributed by atoms with E-state index in [-0.39, 0.29) is 0 Å². The van der Waals surface area contributed by atoms with Gasteiger partial charge < -0.3 is 0 Å². The van der Waals surface area contributed by atoms with Crippen LogP contribution in [0.1, 0.15) is 37.2 Å². The molecule has 0 amide bonds. The van der Waals surface area contributed by atoms with E-state index in [2.05, 4.69) is 29.2 Å². The highest BCUT2D eigenvalue weighted by Gasteiger charge is 2.16. The van der Waals surface area contributed by atoms with Gasteiger partial charge in [0.05, 0.1) is 0 Å². The molecule has 0 saturated heterocycles. The third-order valence-corrected chi connectivity index (χ3v) is 4.00. The summed E-state index contributed by atoms with van der Waals surface area (Å²) in [7, 11) is 0. The maximum absolute atomic E-state index is 5.92. The summed E-state index contributed by atoms with van der Waals surface area (Å²) in [5.74, 6) is 0.778. The van der Waals surface area contributed by atoms with Crippen molar-refractivity contribution in [3.05, 3.63) is 53.3 Å². The zero-order valence-electron chi connectivity index (χ0n) is 10.3. The quantitative estimate of drug-likeness (QED) is 0.686. The van der Waals surface area contributed by atoms with Crippen LogP contribution in [0.5, 0.6) is 0 Å². The molecule has 1 heterocycles. The van der Waals surface area contributed by atoms with E-state index < -0.39 is 0 Å². The Morgan fingerprint density at radius 1 is 0.944 bits per heavy atom. The highest BCUT2D eigenvalue weighted by molar-refractivity contribution is 6.29. The highest BCUT2D eigenvalue weighted by Crippen LogP contribution is 2.34. The molecule has 0 radical (unpaired) electrons. The fourth-order valence-corrected chi connectivity index (χ4v) is 2.96. The Morgan fingerprint density at radius 3 is 2.33 bits per heavy atom. The Kier molecular flexibility index (Phi) is 3.33. The molecule has 1 nitrogen and oxygen atoms in total. The van der Waals surface area contributed by atoms with Gasteiger partial charge in [-0.2, -0.15) is 0 Å². The molecule has 0 N–H and O–H groups in total. The van der Waals surface area contributed by atoms with Gasteiger partial charge in [0, 0.05) is 6.20 Å². The van der Waals surface area contributed by atoms with Gasteiger partial charge in [-0.1, -0.05) is 48.7 Å². The molecule has 0 unspecified atom stereocenters. The van der Waals surface area contributed by atoms with Crippen LogP contribution < -0.4 is 0 Å². The zero-order chi connectivity index (χ0) is 12.4. The van der Waals surface area contributed by atoms with Gasteiger partial charge in [0.15, 0.2) is 0 Å². The first-order valence-electron chi connectivity index (χ1n) is 6.55. The van der Waals surface area contributed by atoms with Crippen molar-refractivity contribution in [2.45, 2.75) is 31.6 Å². The van der Waals surface area contributed by atoms with Gasteiger partial charge >= 0.3 is 0 Å². The van der Waals surface area contributed by atoms with Crippen LogP contribution in [0.4, 0.5) is 0 Å². The Morgan fingerprint density at radius 2 is 1.67 bits per heavy atom. The molecular formula is C16H16ClN. The lowest BCUT2D eigenvalue weighted by Crippen LogP contribution is -1.91. The smallest absolute Gasteiger partial charge is 0.129 e. The average Bonchev–Trinajstić information content (AvgIpc) is 2.93. The van der Waals surface area contributed by atoms with E-state index in [9.17, 15) is 0 Å². The SMILES string of the molecule is Clc1cc(-c2ccc(C3CCCC3)cc2)ccn1. The van der Waals surface area contributed by atoms with E-state index in [4.69, 9.17) is 11.6 Å². The Balaban J connectivity index is 1.86. The highest BCUT2D eigenvalue weighted by atomic mass is 35.5. The number of aromatic nitrogens is 1. The lowest BCUT2D eigenvalue weighted by atomic mass is 9.95. The second-order valence-corrected chi connectivity index (χ2v) is 5.36. The van der Waals surface area contributed by atoms with Crippen LogP contribution in [-0.4, -0.2) is 4.98 Å². The average molecular weight is 258 g/mol. The molecule has 18 heavy (non-hydrogen) atoms. The Hall–Kier alpha value is -1.34. The summed E-state index contributed by atoms with van der Waals surface area (Å²) >= 11 is 5.92. The Bertz CT molecular complexity index is 527. The van der Waals surface area contributed by atoms with Crippen molar-refractivity contribution in [2.24, 2.45) is 0 Å². The second kappa shape index (κ2) is 5.11. The van der Waals surface area contributed by atoms with Crippen molar-refractivity contribution in [2.75, 3.05) is 0 Å². The second-order valence-electron chi connectivity index (χ2n) is 4.97. The lowest BCUT2D eigenvalue weighted by molar-refractivity contribution is 0.723. The molecule has 1 saturated carbocycles. The maximum atomic E-state index is 5.92. The first-order valence-corrected chi connectivity index (χ1v) is 6.92. The van der Waals surface area contributed by atoms with Gasteiger partial charge in [-0.05, 0) is 47.6 Å². The number of hydrogen-bond donors (Lipinski definition) is 0. The van der Waals surface area contributed by atoms with Gasteiger partial charge in [0.25, 0.3) is 0 Å². The van der Waals surface area contributed by atoms with Gasteiger partial charge in [-0.3, -0.25) is 0 Å². The number of pyridine rings is 1. The summed E-state index contributed by atoms with van der Waals surface area (Å²) in [4.78, 5) is 4.01. The Labute approximate surface area is 113 Å². The molecule has 1 aliphatic rings. The van der Waals surface area contributed by atoms with Crippen LogP contribution in [0.3, 0.4) is 0 Å². The van der Waals surface area contributed by atoms with Crippen LogP contribution in [0.25, 0.3) is 11.1 Å². The maximum Gasteiger partial charge on any atom is 0.129 e. The van der Waals surface area contributed by atoms with Crippen LogP contribution >= 0.6 is 11.6 Å². The van der Waals surface area contributed by atoms with Crippen molar-refractivity contribution < 1.29 is 0 Å². The van der Waals surface area contributed by atoms with E-state index in [0.717, 1.165) is 11.5 Å². The van der Waals surface area contributed by atoms with Crippen LogP contribution in [0, 0.1) is 0 Å². The molecule has 1 aliphatic carbocycles. The van der Waals surface area contributed by atoms with Crippen molar-refractivity contribution in [3.63, 3.8) is 0 Å². The molecular weight excluding hydrogens is 242 g/mol. The van der Waals surface area contributed by atoms with Gasteiger partial charge in [-0.15, -0.1) is 0 Å². The van der Waals surface area contributed by atoms with Gasteiger partial charge in [-0.25, -0.2) is 4.98 Å². The number of halogens is 1. The number of nitrogens with zero attached hydrogens (tertiary/aromatic N) is 1. The van der Waals surface area contributed by atoms with E-state index in [1.54, 1.807) is 6.20 Å². The normalized spacial score (nSPS) is 16.1. The molecule has 1 aromatic heterocycles. The predicted octanol–water partition coefficient (Wildman–Crippen LogP) is 5.06. The van der Waals surface area contributed by atoms with Gasteiger partial charge in [0.1, 0.15) is 5.15 Å². The summed E-state index contributed by atoms with van der Waals surface area (Å²) in [5.41, 5.74) is 3.82. The van der Waals surface area contributed by atoms with E-state index >= 15 is 0 Å². The first-order chi connectivity index (χ1) is 8.83. The fourth-order valence-electron chi connectivity index (χ4n) is 2.79. The molecule has 0 aliphatic heterocycles. The van der Waals surface area contributed by atoms with E-state index in [0.29, 0.717) is 5.15 Å². The molecule has 2 aromatic rings. The number of rotatable bonds is 2. The first kappa shape index (κ1) is 11.7. The summed E-state index contributed by atoms with van der Waals surface area (Å²) in [5, 5.41) is 0.548. The molecule has 1 fully saturated rings. The molecule has 1 aromatic carbocycles. The minimum Gasteiger partial charge on any atom is -0.245 e. The topological polar surface area (TPSA) is 12.9 Å². The van der Waals surface area contributed by atoms with Crippen molar-refractivity contribution in [1.82, 2.24) is 4.98 Å². The molecule has 3 rings (SSSR count). The molecule has 92 valence electrons. The van der Waals surface area contributed by atoms with Crippen molar-refractivity contribution in [3.8, 4) is 11.1 Å². The largest absolute Gasteiger partial charge is 0.245 e. The lowest BCUT2D eigenvalue weighted by Gasteiger charge is -2.10. The van der Waals surface area contributed by atoms with E-state index in [1.807, 2.05) is 12.1 Å². The molecule has 2 heteroatoms. The minimum absolute atomic E-state index is 0.548. The van der Waals surface area contributed by atoms with Crippen LogP contribution in [-0.2, 0) is 0 Å². The molecule has 0 spiro atoms. The van der Waals surface area contributed by atoms with Crippen LogP contribution in [0.2, 0.25) is 5.15 Å². The number of benzene rings is 1. The standard InChI is InChI=1S/C16H16ClN/c17-16-11-15(9-10-18-16)14-7-5-13(6-8-14)12-3-1-2-4-12/h5-12H,1-4H2. The summed E-state index contributed by atoms with van der Waals surface area (Å²) < 4.78 is 0. The van der Waals surface area contributed by atoms with Crippen molar-refractivity contribution >= 4 is 11.6 Å². The summed E-state index contributed by atoms with van der Waals surface area (Å²) in [6, 6.07) is 12.8. The summed E-state index contributed by atoms with van der Waals surface area (Å²) in [6.45, 7) is 0. The monoisotopic (exact) mass is 257 g/mol. The van der Waals surface area contributed by atoms with E-state index in [1.165, 1.54) is 36.8 Å². The summed E-state index contributed by atoms with van der Waals surface area (Å²) in [6.07, 6.45) is 7.21. The predicted molar refractivity (Wildman–Crippen MR) is 75.9 cm³/mol. The third-order valence-electron chi connectivity index (χ3n) is 3.80. The van der Waals surface area contributed by atoms with Crippen LogP contribution in [0.15, 0.2) is 42.6 Å². The third kappa shape index (κ3) is 2.41. The minimum atomic E-state index is 0.548. The van der Waals surface area contributed by atoms with Gasteiger partial charge in [0.2, 0.25) is 0 Å². The molecule has 0 atom stereocenters. The van der Waals surface area contributed by atoms with Crippen molar-refractivity contribution in [1.29, 1.82) is 0 Å². The molecule has 0 bridgehead atoms. The zero-order valence-corrected chi connectivity index (χ0v) is 11.0. The number of hydrogen-bond acceptors (Lipinski definition) is 1.